The van der Waals surface area contributed by atoms with Gasteiger partial charge in [0.25, 0.3) is 0 Å². The fourth-order valence-electron chi connectivity index (χ4n) is 3.01. The van der Waals surface area contributed by atoms with Gasteiger partial charge < -0.3 is 15.0 Å². The van der Waals surface area contributed by atoms with Crippen LogP contribution in [0.4, 0.5) is 5.69 Å². The number of para-hydroxylation sites is 1. The maximum Gasteiger partial charge on any atom is 0.0503 e. The molecule has 2 unspecified atom stereocenters. The number of nitrogens with zero attached hydrogens (tertiary/aromatic N) is 1. The van der Waals surface area contributed by atoms with E-state index < -0.39 is 0 Å². The zero-order valence-electron chi connectivity index (χ0n) is 13.2. The van der Waals surface area contributed by atoms with Crippen LogP contribution >= 0.6 is 0 Å². The summed E-state index contributed by atoms with van der Waals surface area (Å²) >= 11 is 0. The molecule has 1 aliphatic heterocycles. The van der Waals surface area contributed by atoms with Crippen LogP contribution in [0.1, 0.15) is 26.3 Å². The van der Waals surface area contributed by atoms with E-state index in [0.29, 0.717) is 18.0 Å². The molecule has 0 amide bonds. The van der Waals surface area contributed by atoms with Crippen LogP contribution in [-0.4, -0.2) is 38.9 Å². The highest BCUT2D eigenvalue weighted by Crippen LogP contribution is 2.27. The van der Waals surface area contributed by atoms with Crippen LogP contribution in [0.5, 0.6) is 0 Å². The van der Waals surface area contributed by atoms with Crippen molar-refractivity contribution in [1.29, 1.82) is 0 Å². The van der Waals surface area contributed by atoms with Crippen molar-refractivity contribution < 1.29 is 4.74 Å². The largest absolute Gasteiger partial charge is 0.384 e. The lowest BCUT2D eigenvalue weighted by molar-refractivity contribution is 0.202. The van der Waals surface area contributed by atoms with E-state index in [0.717, 1.165) is 26.1 Å². The Labute approximate surface area is 123 Å². The predicted octanol–water partition coefficient (Wildman–Crippen LogP) is 2.70. The van der Waals surface area contributed by atoms with Gasteiger partial charge in [-0.05, 0) is 30.9 Å². The Morgan fingerprint density at radius 1 is 1.35 bits per heavy atom. The summed E-state index contributed by atoms with van der Waals surface area (Å²) in [7, 11) is 1.77. The third-order valence-electron chi connectivity index (χ3n) is 4.19. The third-order valence-corrected chi connectivity index (χ3v) is 4.19. The Morgan fingerprint density at radius 3 is 2.80 bits per heavy atom. The van der Waals surface area contributed by atoms with Gasteiger partial charge in [-0.15, -0.1) is 0 Å². The molecule has 3 nitrogen and oxygen atoms in total. The van der Waals surface area contributed by atoms with Crippen molar-refractivity contribution >= 4 is 5.69 Å². The maximum absolute atomic E-state index is 5.25. The Balaban J connectivity index is 2.26. The van der Waals surface area contributed by atoms with Crippen molar-refractivity contribution in [2.75, 3.05) is 31.7 Å². The summed E-state index contributed by atoms with van der Waals surface area (Å²) in [5.41, 5.74) is 2.78. The molecule has 0 radical (unpaired) electrons. The Hall–Kier alpha value is -1.06. The molecule has 0 aliphatic carbocycles. The number of rotatable bonds is 5. The minimum atomic E-state index is 0.542. The fourth-order valence-corrected chi connectivity index (χ4v) is 3.01. The molecule has 1 heterocycles. The first-order chi connectivity index (χ1) is 9.63. The normalized spacial score (nSPS) is 23.4. The molecule has 1 fully saturated rings. The van der Waals surface area contributed by atoms with Gasteiger partial charge in [-0.2, -0.15) is 0 Å². The summed E-state index contributed by atoms with van der Waals surface area (Å²) in [6.45, 7) is 9.82. The highest BCUT2D eigenvalue weighted by molar-refractivity contribution is 5.55. The van der Waals surface area contributed by atoms with E-state index in [-0.39, 0.29) is 0 Å². The number of methoxy groups -OCH3 is 1. The third kappa shape index (κ3) is 3.53. The minimum absolute atomic E-state index is 0.542. The number of hydrogen-bond acceptors (Lipinski definition) is 3. The number of ether oxygens (including phenoxy) is 1. The molecule has 1 aromatic rings. The second-order valence-corrected chi connectivity index (χ2v) is 6.14. The van der Waals surface area contributed by atoms with E-state index in [1.165, 1.54) is 11.3 Å². The number of nitrogens with one attached hydrogen (secondary N) is 1. The van der Waals surface area contributed by atoms with Gasteiger partial charge in [-0.3, -0.25) is 0 Å². The van der Waals surface area contributed by atoms with Crippen molar-refractivity contribution in [3.05, 3.63) is 29.8 Å². The molecule has 2 rings (SSSR count). The van der Waals surface area contributed by atoms with E-state index in [4.69, 9.17) is 4.74 Å². The molecule has 1 aromatic carbocycles. The molecule has 2 atom stereocenters. The number of piperazine rings is 1. The molecular weight excluding hydrogens is 248 g/mol. The molecule has 0 aromatic heterocycles. The minimum Gasteiger partial charge on any atom is -0.384 e. The van der Waals surface area contributed by atoms with Gasteiger partial charge in [-0.25, -0.2) is 0 Å². The van der Waals surface area contributed by atoms with Gasteiger partial charge in [0.2, 0.25) is 0 Å². The van der Waals surface area contributed by atoms with E-state index in [1.807, 2.05) is 0 Å². The molecule has 112 valence electrons. The molecule has 1 saturated heterocycles. The molecular formula is C17H28N2O. The molecule has 3 heteroatoms. The van der Waals surface area contributed by atoms with Crippen LogP contribution in [0.15, 0.2) is 24.3 Å². The lowest BCUT2D eigenvalue weighted by Gasteiger charge is -2.44. The quantitative estimate of drug-likeness (QED) is 0.895. The molecule has 1 N–H and O–H groups in total. The summed E-state index contributed by atoms with van der Waals surface area (Å²) in [5, 5.41) is 3.61. The second-order valence-electron chi connectivity index (χ2n) is 6.14. The van der Waals surface area contributed by atoms with Crippen LogP contribution in [0.2, 0.25) is 0 Å². The first-order valence-electron chi connectivity index (χ1n) is 7.70. The van der Waals surface area contributed by atoms with E-state index in [9.17, 15) is 0 Å². The van der Waals surface area contributed by atoms with Crippen LogP contribution in [0.3, 0.4) is 0 Å². The lowest BCUT2D eigenvalue weighted by Crippen LogP contribution is -2.57. The van der Waals surface area contributed by atoms with Gasteiger partial charge in [0.1, 0.15) is 0 Å². The van der Waals surface area contributed by atoms with Crippen molar-refractivity contribution in [1.82, 2.24) is 5.32 Å². The average molecular weight is 276 g/mol. The zero-order valence-corrected chi connectivity index (χ0v) is 13.2. The lowest BCUT2D eigenvalue weighted by atomic mass is 9.96. The highest BCUT2D eigenvalue weighted by Gasteiger charge is 2.29. The smallest absolute Gasteiger partial charge is 0.0503 e. The second kappa shape index (κ2) is 7.09. The average Bonchev–Trinajstić information content (AvgIpc) is 2.45. The number of anilines is 1. The van der Waals surface area contributed by atoms with Crippen LogP contribution in [0.25, 0.3) is 0 Å². The van der Waals surface area contributed by atoms with Crippen molar-refractivity contribution in [2.24, 2.45) is 5.92 Å². The van der Waals surface area contributed by atoms with Crippen LogP contribution < -0.4 is 10.2 Å². The Bertz CT molecular complexity index is 419. The van der Waals surface area contributed by atoms with E-state index in [1.54, 1.807) is 7.11 Å². The Kier molecular flexibility index (Phi) is 5.44. The van der Waals surface area contributed by atoms with Gasteiger partial charge in [0.05, 0.1) is 6.61 Å². The predicted molar refractivity (Wildman–Crippen MR) is 85.5 cm³/mol. The van der Waals surface area contributed by atoms with E-state index in [2.05, 4.69) is 55.3 Å². The van der Waals surface area contributed by atoms with Crippen molar-refractivity contribution in [3.63, 3.8) is 0 Å². The SMILES string of the molecule is COCCc1ccccc1N1CC(C)NCC1C(C)C. The summed E-state index contributed by atoms with van der Waals surface area (Å²) in [5.74, 6) is 0.644. The van der Waals surface area contributed by atoms with Crippen molar-refractivity contribution in [3.8, 4) is 0 Å². The molecule has 20 heavy (non-hydrogen) atoms. The molecule has 0 spiro atoms. The first-order valence-corrected chi connectivity index (χ1v) is 7.70. The molecule has 0 saturated carbocycles. The Morgan fingerprint density at radius 2 is 2.10 bits per heavy atom. The summed E-state index contributed by atoms with van der Waals surface area (Å²) in [6, 6.07) is 9.88. The number of hydrogen-bond donors (Lipinski definition) is 1. The first kappa shape index (κ1) is 15.3. The van der Waals surface area contributed by atoms with Gasteiger partial charge >= 0.3 is 0 Å². The topological polar surface area (TPSA) is 24.5 Å². The fraction of sp³-hybridized carbons (Fsp3) is 0.647. The standard InChI is InChI=1S/C17H28N2O/c1-13(2)17-11-18-14(3)12-19(17)16-8-6-5-7-15(16)9-10-20-4/h5-8,13-14,17-18H,9-12H2,1-4H3. The van der Waals surface area contributed by atoms with Gasteiger partial charge in [0.15, 0.2) is 0 Å². The summed E-state index contributed by atoms with van der Waals surface area (Å²) < 4.78 is 5.25. The van der Waals surface area contributed by atoms with Gasteiger partial charge in [-0.1, -0.05) is 32.0 Å². The molecule has 1 aliphatic rings. The van der Waals surface area contributed by atoms with E-state index >= 15 is 0 Å². The van der Waals surface area contributed by atoms with Crippen LogP contribution in [-0.2, 0) is 11.2 Å². The maximum atomic E-state index is 5.25. The van der Waals surface area contributed by atoms with Crippen molar-refractivity contribution in [2.45, 2.75) is 39.3 Å². The highest BCUT2D eigenvalue weighted by atomic mass is 16.5. The van der Waals surface area contributed by atoms with Crippen LogP contribution in [0, 0.1) is 5.92 Å². The monoisotopic (exact) mass is 276 g/mol. The zero-order chi connectivity index (χ0) is 14.5. The summed E-state index contributed by atoms with van der Waals surface area (Å²) in [6.07, 6.45) is 0.982. The van der Waals surface area contributed by atoms with Gasteiger partial charge in [0, 0.05) is 38.0 Å². The molecule has 0 bridgehead atoms. The summed E-state index contributed by atoms with van der Waals surface area (Å²) in [4.78, 5) is 2.59. The number of benzene rings is 1.